The smallest absolute Gasteiger partial charge is 0.258 e. The minimum Gasteiger partial charge on any atom is -0.365 e. The maximum absolute atomic E-state index is 13.2. The van der Waals surface area contributed by atoms with Crippen molar-refractivity contribution in [3.63, 3.8) is 0 Å². The van der Waals surface area contributed by atoms with E-state index < -0.39 is 0 Å². The second kappa shape index (κ2) is 8.06. The molecule has 26 heavy (non-hydrogen) atoms. The molecule has 6 nitrogen and oxygen atoms in total. The monoisotopic (exact) mass is 358 g/mol. The molecule has 1 aromatic rings. The van der Waals surface area contributed by atoms with Crippen LogP contribution in [0.15, 0.2) is 18.3 Å². The summed E-state index contributed by atoms with van der Waals surface area (Å²) in [6.45, 7) is 7.60. The predicted molar refractivity (Wildman–Crippen MR) is 102 cm³/mol. The summed E-state index contributed by atoms with van der Waals surface area (Å²) in [6, 6.07) is 4.41. The van der Waals surface area contributed by atoms with Crippen molar-refractivity contribution < 1.29 is 9.59 Å². The lowest BCUT2D eigenvalue weighted by Gasteiger charge is -2.29. The first-order valence-electron chi connectivity index (χ1n) is 9.87. The van der Waals surface area contributed by atoms with Crippen molar-refractivity contribution in [3.05, 3.63) is 23.9 Å². The molecule has 1 unspecified atom stereocenters. The zero-order valence-electron chi connectivity index (χ0n) is 16.1. The number of likely N-dealkylation sites (tertiary alicyclic amines) is 2. The SMILES string of the molecule is CCC(=O)N1CCC(Nc2ncccc2C(=O)N2[C@H](CC)CC[C@@H]2C)C1. The molecule has 2 saturated heterocycles. The molecule has 3 rings (SSSR count). The summed E-state index contributed by atoms with van der Waals surface area (Å²) < 4.78 is 0. The molecule has 3 atom stereocenters. The van der Waals surface area contributed by atoms with Crippen molar-refractivity contribution in [1.29, 1.82) is 0 Å². The maximum atomic E-state index is 13.2. The van der Waals surface area contributed by atoms with Crippen molar-refractivity contribution in [3.8, 4) is 0 Å². The zero-order valence-corrected chi connectivity index (χ0v) is 16.1. The lowest BCUT2D eigenvalue weighted by atomic mass is 10.1. The molecule has 142 valence electrons. The average molecular weight is 358 g/mol. The number of carbonyl (C=O) groups is 2. The van der Waals surface area contributed by atoms with Crippen LogP contribution in [-0.2, 0) is 4.79 Å². The zero-order chi connectivity index (χ0) is 18.7. The number of amides is 2. The summed E-state index contributed by atoms with van der Waals surface area (Å²) in [4.78, 5) is 33.5. The Balaban J connectivity index is 1.74. The van der Waals surface area contributed by atoms with Crippen LogP contribution in [0.2, 0.25) is 0 Å². The summed E-state index contributed by atoms with van der Waals surface area (Å²) in [5.74, 6) is 0.891. The van der Waals surface area contributed by atoms with Crippen LogP contribution in [0.1, 0.15) is 63.2 Å². The van der Waals surface area contributed by atoms with Crippen LogP contribution in [0.3, 0.4) is 0 Å². The van der Waals surface area contributed by atoms with E-state index in [9.17, 15) is 9.59 Å². The molecule has 0 aromatic carbocycles. The minimum absolute atomic E-state index is 0.0666. The highest BCUT2D eigenvalue weighted by atomic mass is 16.2. The highest BCUT2D eigenvalue weighted by molar-refractivity contribution is 5.99. The summed E-state index contributed by atoms with van der Waals surface area (Å²) in [5, 5.41) is 3.42. The van der Waals surface area contributed by atoms with Gasteiger partial charge in [-0.1, -0.05) is 13.8 Å². The minimum atomic E-state index is 0.0666. The van der Waals surface area contributed by atoms with Crippen molar-refractivity contribution in [1.82, 2.24) is 14.8 Å². The number of hydrogen-bond donors (Lipinski definition) is 1. The van der Waals surface area contributed by atoms with Gasteiger partial charge in [-0.2, -0.15) is 0 Å². The Bertz CT molecular complexity index is 663. The Kier molecular flexibility index (Phi) is 5.79. The van der Waals surface area contributed by atoms with Crippen LogP contribution in [0, 0.1) is 0 Å². The third kappa shape index (κ3) is 3.69. The molecule has 2 amide bonds. The lowest BCUT2D eigenvalue weighted by molar-refractivity contribution is -0.129. The molecule has 0 radical (unpaired) electrons. The van der Waals surface area contributed by atoms with E-state index >= 15 is 0 Å². The summed E-state index contributed by atoms with van der Waals surface area (Å²) in [7, 11) is 0. The van der Waals surface area contributed by atoms with Crippen molar-refractivity contribution in [2.75, 3.05) is 18.4 Å². The van der Waals surface area contributed by atoms with Gasteiger partial charge in [0.2, 0.25) is 5.91 Å². The molecule has 6 heteroatoms. The normalized spacial score (nSPS) is 25.6. The van der Waals surface area contributed by atoms with Gasteiger partial charge in [0.05, 0.1) is 5.56 Å². The topological polar surface area (TPSA) is 65.5 Å². The molecule has 0 bridgehead atoms. The number of pyridine rings is 1. The number of carbonyl (C=O) groups excluding carboxylic acids is 2. The summed E-state index contributed by atoms with van der Waals surface area (Å²) in [6.07, 6.45) is 6.25. The second-order valence-corrected chi connectivity index (χ2v) is 7.42. The van der Waals surface area contributed by atoms with E-state index in [1.165, 1.54) is 0 Å². The highest BCUT2D eigenvalue weighted by Gasteiger charge is 2.35. The Morgan fingerprint density at radius 3 is 2.81 bits per heavy atom. The fraction of sp³-hybridized carbons (Fsp3) is 0.650. The maximum Gasteiger partial charge on any atom is 0.258 e. The fourth-order valence-corrected chi connectivity index (χ4v) is 4.19. The van der Waals surface area contributed by atoms with E-state index in [1.54, 1.807) is 6.20 Å². The van der Waals surface area contributed by atoms with E-state index in [1.807, 2.05) is 28.9 Å². The highest BCUT2D eigenvalue weighted by Crippen LogP contribution is 2.29. The molecule has 0 aliphatic carbocycles. The number of hydrogen-bond acceptors (Lipinski definition) is 4. The standard InChI is InChI=1S/C20H30N4O2/c1-4-16-9-8-14(3)24(16)20(26)17-7-6-11-21-19(17)22-15-10-12-23(13-15)18(25)5-2/h6-7,11,14-16H,4-5,8-10,12-13H2,1-3H3,(H,21,22)/t14-,15?,16+/m0/s1. The molecule has 1 N–H and O–H groups in total. The van der Waals surface area contributed by atoms with Gasteiger partial charge in [-0.15, -0.1) is 0 Å². The number of anilines is 1. The van der Waals surface area contributed by atoms with E-state index in [4.69, 9.17) is 0 Å². The Morgan fingerprint density at radius 1 is 1.27 bits per heavy atom. The molecule has 1 aromatic heterocycles. The van der Waals surface area contributed by atoms with Gasteiger partial charge in [0.25, 0.3) is 5.91 Å². The first-order chi connectivity index (χ1) is 12.5. The predicted octanol–water partition coefficient (Wildman–Crippen LogP) is 2.91. The molecular formula is C20H30N4O2. The number of aromatic nitrogens is 1. The molecule has 0 spiro atoms. The third-order valence-electron chi connectivity index (χ3n) is 5.71. The van der Waals surface area contributed by atoms with Crippen molar-refractivity contribution in [2.24, 2.45) is 0 Å². The second-order valence-electron chi connectivity index (χ2n) is 7.42. The summed E-state index contributed by atoms with van der Waals surface area (Å²) in [5.41, 5.74) is 0.639. The quantitative estimate of drug-likeness (QED) is 0.879. The lowest BCUT2D eigenvalue weighted by Crippen LogP contribution is -2.40. The van der Waals surface area contributed by atoms with E-state index in [-0.39, 0.29) is 23.9 Å². The van der Waals surface area contributed by atoms with Crippen LogP contribution < -0.4 is 5.32 Å². The van der Waals surface area contributed by atoms with E-state index in [2.05, 4.69) is 24.1 Å². The van der Waals surface area contributed by atoms with Gasteiger partial charge in [-0.05, 0) is 44.7 Å². The summed E-state index contributed by atoms with van der Waals surface area (Å²) >= 11 is 0. The average Bonchev–Trinajstić information content (AvgIpc) is 3.27. The molecule has 2 fully saturated rings. The van der Waals surface area contributed by atoms with Crippen LogP contribution in [0.4, 0.5) is 5.82 Å². The van der Waals surface area contributed by atoms with Crippen LogP contribution in [-0.4, -0.2) is 57.8 Å². The van der Waals surface area contributed by atoms with Gasteiger partial charge in [-0.25, -0.2) is 4.98 Å². The molecular weight excluding hydrogens is 328 g/mol. The van der Waals surface area contributed by atoms with Crippen LogP contribution in [0.25, 0.3) is 0 Å². The van der Waals surface area contributed by atoms with Gasteiger partial charge >= 0.3 is 0 Å². The number of rotatable bonds is 5. The molecule has 0 saturated carbocycles. The van der Waals surface area contributed by atoms with Crippen LogP contribution >= 0.6 is 0 Å². The van der Waals surface area contributed by atoms with Crippen molar-refractivity contribution in [2.45, 2.75) is 71.0 Å². The molecule has 2 aliphatic rings. The van der Waals surface area contributed by atoms with Gasteiger partial charge in [-0.3, -0.25) is 9.59 Å². The molecule has 3 heterocycles. The van der Waals surface area contributed by atoms with Gasteiger partial charge in [0.15, 0.2) is 0 Å². The Morgan fingerprint density at radius 2 is 2.08 bits per heavy atom. The van der Waals surface area contributed by atoms with Crippen LogP contribution in [0.5, 0.6) is 0 Å². The van der Waals surface area contributed by atoms with E-state index in [0.29, 0.717) is 30.4 Å². The van der Waals surface area contributed by atoms with Gasteiger partial charge < -0.3 is 15.1 Å². The van der Waals surface area contributed by atoms with E-state index in [0.717, 1.165) is 32.2 Å². The largest absolute Gasteiger partial charge is 0.365 e. The number of nitrogens with one attached hydrogen (secondary N) is 1. The first-order valence-corrected chi connectivity index (χ1v) is 9.87. The van der Waals surface area contributed by atoms with Gasteiger partial charge in [0.1, 0.15) is 5.82 Å². The molecule has 2 aliphatic heterocycles. The Labute approximate surface area is 156 Å². The number of nitrogens with zero attached hydrogens (tertiary/aromatic N) is 3. The first kappa shape index (κ1) is 18.7. The Hall–Kier alpha value is -2.11. The van der Waals surface area contributed by atoms with Crippen molar-refractivity contribution >= 4 is 17.6 Å². The van der Waals surface area contributed by atoms with Gasteiger partial charge in [0, 0.05) is 43.8 Å². The third-order valence-corrected chi connectivity index (χ3v) is 5.71. The fourth-order valence-electron chi connectivity index (χ4n) is 4.19.